The number of halogens is 1. The van der Waals surface area contributed by atoms with Crippen molar-refractivity contribution in [3.63, 3.8) is 0 Å². The number of benzene rings is 1. The highest BCUT2D eigenvalue weighted by Crippen LogP contribution is 2.30. The normalized spacial score (nSPS) is 17.2. The summed E-state index contributed by atoms with van der Waals surface area (Å²) in [4.78, 5) is 8.44. The highest BCUT2D eigenvalue weighted by atomic mass is 35.5. The average molecular weight is 334 g/mol. The van der Waals surface area contributed by atoms with E-state index < -0.39 is 0 Å². The van der Waals surface area contributed by atoms with Gasteiger partial charge in [0.25, 0.3) is 0 Å². The van der Waals surface area contributed by atoms with Crippen molar-refractivity contribution < 1.29 is 4.74 Å². The Bertz CT molecular complexity index is 688. The molecule has 23 heavy (non-hydrogen) atoms. The molecule has 7 heteroatoms. The van der Waals surface area contributed by atoms with Gasteiger partial charge in [0, 0.05) is 23.9 Å². The van der Waals surface area contributed by atoms with Gasteiger partial charge in [-0.05, 0) is 37.5 Å². The second-order valence-corrected chi connectivity index (χ2v) is 5.95. The molecular weight excluding hydrogens is 314 g/mol. The molecule has 0 aliphatic carbocycles. The molecule has 1 aromatic carbocycles. The van der Waals surface area contributed by atoms with E-state index in [-0.39, 0.29) is 6.10 Å². The van der Waals surface area contributed by atoms with Crippen LogP contribution in [0.15, 0.2) is 24.5 Å². The van der Waals surface area contributed by atoms with Crippen molar-refractivity contribution in [3.05, 3.63) is 35.1 Å². The molecule has 2 aromatic rings. The zero-order chi connectivity index (χ0) is 16.2. The van der Waals surface area contributed by atoms with Crippen LogP contribution in [0.2, 0.25) is 5.02 Å². The summed E-state index contributed by atoms with van der Waals surface area (Å²) in [7, 11) is 0. The van der Waals surface area contributed by atoms with E-state index in [1.807, 2.05) is 25.1 Å². The number of rotatable bonds is 5. The van der Waals surface area contributed by atoms with E-state index in [9.17, 15) is 0 Å². The molecule has 4 N–H and O–H groups in total. The van der Waals surface area contributed by atoms with Crippen molar-refractivity contribution in [2.75, 3.05) is 29.5 Å². The molecular formula is C16H20ClN5O. The Hall–Kier alpha value is -2.05. The number of anilines is 4. The first-order valence-electron chi connectivity index (χ1n) is 7.63. The van der Waals surface area contributed by atoms with Crippen LogP contribution in [0.25, 0.3) is 0 Å². The molecule has 1 aliphatic heterocycles. The first kappa shape index (κ1) is 15.8. The van der Waals surface area contributed by atoms with Crippen LogP contribution in [0, 0.1) is 6.92 Å². The van der Waals surface area contributed by atoms with Crippen LogP contribution in [0.5, 0.6) is 0 Å². The van der Waals surface area contributed by atoms with Gasteiger partial charge in [0.2, 0.25) is 0 Å². The quantitative estimate of drug-likeness (QED) is 0.778. The van der Waals surface area contributed by atoms with Crippen molar-refractivity contribution in [3.8, 4) is 0 Å². The van der Waals surface area contributed by atoms with E-state index in [1.165, 1.54) is 6.33 Å². The molecule has 1 fully saturated rings. The molecule has 0 radical (unpaired) electrons. The van der Waals surface area contributed by atoms with Gasteiger partial charge in [0.1, 0.15) is 12.0 Å². The van der Waals surface area contributed by atoms with Crippen molar-refractivity contribution >= 4 is 34.6 Å². The predicted molar refractivity (Wildman–Crippen MR) is 93.4 cm³/mol. The van der Waals surface area contributed by atoms with Gasteiger partial charge in [-0.15, -0.1) is 0 Å². The number of nitrogen functional groups attached to an aromatic ring is 1. The first-order chi connectivity index (χ1) is 11.1. The van der Waals surface area contributed by atoms with Gasteiger partial charge in [0.05, 0.1) is 6.10 Å². The number of nitrogens with one attached hydrogen (secondary N) is 2. The van der Waals surface area contributed by atoms with Gasteiger partial charge in [-0.2, -0.15) is 0 Å². The van der Waals surface area contributed by atoms with Gasteiger partial charge < -0.3 is 21.1 Å². The van der Waals surface area contributed by atoms with Gasteiger partial charge in [-0.1, -0.05) is 17.7 Å². The van der Waals surface area contributed by atoms with E-state index in [2.05, 4.69) is 20.6 Å². The third-order valence-corrected chi connectivity index (χ3v) is 4.34. The molecule has 3 rings (SSSR count). The maximum atomic E-state index is 6.18. The zero-order valence-corrected chi connectivity index (χ0v) is 13.7. The van der Waals surface area contributed by atoms with Crippen LogP contribution in [0.3, 0.4) is 0 Å². The predicted octanol–water partition coefficient (Wildman–Crippen LogP) is 3.36. The standard InChI is InChI=1S/C16H20ClN5O/c1-10-12(17)5-2-6-13(10)22-16-14(18)15(20-9-21-16)19-8-11-4-3-7-23-11/h2,5-6,9,11H,3-4,7-8,18H2,1H3,(H2,19,20,21,22). The second-order valence-electron chi connectivity index (χ2n) is 5.54. The van der Waals surface area contributed by atoms with Crippen LogP contribution in [0.4, 0.5) is 23.0 Å². The zero-order valence-electron chi connectivity index (χ0n) is 13.0. The number of hydrogen-bond donors (Lipinski definition) is 3. The lowest BCUT2D eigenvalue weighted by atomic mass is 10.2. The summed E-state index contributed by atoms with van der Waals surface area (Å²) in [6.45, 7) is 3.46. The Morgan fingerprint density at radius 2 is 2.17 bits per heavy atom. The summed E-state index contributed by atoms with van der Waals surface area (Å²) in [6, 6.07) is 5.66. The molecule has 1 saturated heterocycles. The average Bonchev–Trinajstić information content (AvgIpc) is 3.06. The van der Waals surface area contributed by atoms with E-state index in [0.717, 1.165) is 30.7 Å². The van der Waals surface area contributed by atoms with Crippen molar-refractivity contribution in [1.29, 1.82) is 0 Å². The monoisotopic (exact) mass is 333 g/mol. The largest absolute Gasteiger partial charge is 0.393 e. The van der Waals surface area contributed by atoms with Crippen molar-refractivity contribution in [2.24, 2.45) is 0 Å². The van der Waals surface area contributed by atoms with Gasteiger partial charge in [0.15, 0.2) is 11.6 Å². The Kier molecular flexibility index (Phi) is 4.83. The summed E-state index contributed by atoms with van der Waals surface area (Å²) >= 11 is 6.14. The summed E-state index contributed by atoms with van der Waals surface area (Å²) in [5.74, 6) is 1.16. The minimum Gasteiger partial charge on any atom is -0.393 e. The maximum Gasteiger partial charge on any atom is 0.159 e. The third-order valence-electron chi connectivity index (χ3n) is 3.93. The highest BCUT2D eigenvalue weighted by Gasteiger charge is 2.16. The SMILES string of the molecule is Cc1c(Cl)cccc1Nc1ncnc(NCC2CCCO2)c1N. The Labute approximate surface area is 140 Å². The number of nitrogens with two attached hydrogens (primary N) is 1. The van der Waals surface area contributed by atoms with Crippen LogP contribution >= 0.6 is 11.6 Å². The highest BCUT2D eigenvalue weighted by molar-refractivity contribution is 6.31. The topological polar surface area (TPSA) is 85.1 Å². The lowest BCUT2D eigenvalue weighted by Crippen LogP contribution is -2.20. The molecule has 6 nitrogen and oxygen atoms in total. The molecule has 0 saturated carbocycles. The number of ether oxygens (including phenoxy) is 1. The minimum absolute atomic E-state index is 0.218. The van der Waals surface area contributed by atoms with E-state index in [4.69, 9.17) is 22.1 Å². The number of aromatic nitrogens is 2. The summed E-state index contributed by atoms with van der Waals surface area (Å²) in [5.41, 5.74) is 8.47. The summed E-state index contributed by atoms with van der Waals surface area (Å²) < 4.78 is 5.59. The third kappa shape index (κ3) is 3.65. The van der Waals surface area contributed by atoms with Crippen LogP contribution in [-0.4, -0.2) is 29.2 Å². The molecule has 0 amide bonds. The van der Waals surface area contributed by atoms with Crippen LogP contribution in [-0.2, 0) is 4.74 Å². The fourth-order valence-electron chi connectivity index (χ4n) is 2.52. The molecule has 1 atom stereocenters. The van der Waals surface area contributed by atoms with Crippen LogP contribution < -0.4 is 16.4 Å². The van der Waals surface area contributed by atoms with E-state index in [0.29, 0.717) is 28.9 Å². The van der Waals surface area contributed by atoms with Crippen molar-refractivity contribution in [2.45, 2.75) is 25.9 Å². The van der Waals surface area contributed by atoms with Crippen LogP contribution in [0.1, 0.15) is 18.4 Å². The summed E-state index contributed by atoms with van der Waals surface area (Å²) in [5, 5.41) is 7.15. The number of hydrogen-bond acceptors (Lipinski definition) is 6. The minimum atomic E-state index is 0.218. The fraction of sp³-hybridized carbons (Fsp3) is 0.375. The van der Waals surface area contributed by atoms with Gasteiger partial charge in [-0.25, -0.2) is 9.97 Å². The van der Waals surface area contributed by atoms with E-state index in [1.54, 1.807) is 0 Å². The smallest absolute Gasteiger partial charge is 0.159 e. The molecule has 0 spiro atoms. The van der Waals surface area contributed by atoms with Gasteiger partial charge in [-0.3, -0.25) is 0 Å². The van der Waals surface area contributed by atoms with E-state index >= 15 is 0 Å². The Morgan fingerprint density at radius 3 is 2.96 bits per heavy atom. The maximum absolute atomic E-state index is 6.18. The molecule has 2 heterocycles. The Balaban J connectivity index is 1.75. The lowest BCUT2D eigenvalue weighted by molar-refractivity contribution is 0.120. The second kappa shape index (κ2) is 7.02. The molecule has 1 aliphatic rings. The van der Waals surface area contributed by atoms with Crippen molar-refractivity contribution in [1.82, 2.24) is 9.97 Å². The summed E-state index contributed by atoms with van der Waals surface area (Å²) in [6.07, 6.45) is 3.86. The van der Waals surface area contributed by atoms with Gasteiger partial charge >= 0.3 is 0 Å². The molecule has 1 unspecified atom stereocenters. The fourth-order valence-corrected chi connectivity index (χ4v) is 2.70. The molecule has 0 bridgehead atoms. The lowest BCUT2D eigenvalue weighted by Gasteiger charge is -2.15. The Morgan fingerprint density at radius 1 is 1.35 bits per heavy atom. The number of nitrogens with zero attached hydrogens (tertiary/aromatic N) is 2. The molecule has 1 aromatic heterocycles. The molecule has 122 valence electrons. The first-order valence-corrected chi connectivity index (χ1v) is 8.01.